The SMILES string of the molecule is C[C@]12CC=C(O)C[C@@H]1C[C@@H](O)[C@@H]1[C@@H]2CC[C@]2(C)[C@@H](O)[C@H](Br)C[C@@H]12. The molecule has 0 spiro atoms. The predicted octanol–water partition coefficient (Wildman–Crippen LogP) is 3.79. The molecule has 0 aromatic heterocycles. The summed E-state index contributed by atoms with van der Waals surface area (Å²) in [5.74, 6) is 2.09. The van der Waals surface area contributed by atoms with Crippen molar-refractivity contribution in [1.29, 1.82) is 0 Å². The monoisotopic (exact) mass is 384 g/mol. The van der Waals surface area contributed by atoms with Gasteiger partial charge in [-0.1, -0.05) is 29.8 Å². The van der Waals surface area contributed by atoms with Crippen LogP contribution in [-0.4, -0.2) is 32.4 Å². The van der Waals surface area contributed by atoms with Crippen LogP contribution in [0.25, 0.3) is 0 Å². The van der Waals surface area contributed by atoms with Crippen molar-refractivity contribution in [2.24, 2.45) is 34.5 Å². The van der Waals surface area contributed by atoms with Gasteiger partial charge in [-0.05, 0) is 72.7 Å². The molecule has 0 unspecified atom stereocenters. The summed E-state index contributed by atoms with van der Waals surface area (Å²) < 4.78 is 0. The fourth-order valence-corrected chi connectivity index (χ4v) is 7.78. The number of rotatable bonds is 0. The van der Waals surface area contributed by atoms with Gasteiger partial charge in [0.1, 0.15) is 0 Å². The highest BCUT2D eigenvalue weighted by molar-refractivity contribution is 9.09. The van der Waals surface area contributed by atoms with Crippen LogP contribution in [0.5, 0.6) is 0 Å². The maximum atomic E-state index is 11.0. The summed E-state index contributed by atoms with van der Waals surface area (Å²) >= 11 is 3.68. The highest BCUT2D eigenvalue weighted by Crippen LogP contribution is 2.66. The molecule has 9 atom stereocenters. The van der Waals surface area contributed by atoms with Crippen LogP contribution in [0.4, 0.5) is 0 Å². The van der Waals surface area contributed by atoms with Crippen molar-refractivity contribution in [2.75, 3.05) is 0 Å². The lowest BCUT2D eigenvalue weighted by atomic mass is 9.45. The summed E-state index contributed by atoms with van der Waals surface area (Å²) in [4.78, 5) is 0.157. The van der Waals surface area contributed by atoms with Crippen LogP contribution in [0.15, 0.2) is 11.8 Å². The second kappa shape index (κ2) is 5.22. The first-order valence-electron chi connectivity index (χ1n) is 9.15. The van der Waals surface area contributed by atoms with Crippen molar-refractivity contribution in [3.05, 3.63) is 11.8 Å². The summed E-state index contributed by atoms with van der Waals surface area (Å²) in [5, 5.41) is 31.6. The van der Waals surface area contributed by atoms with Crippen molar-refractivity contribution < 1.29 is 15.3 Å². The molecule has 3 nitrogen and oxygen atoms in total. The first kappa shape index (κ1) is 16.4. The van der Waals surface area contributed by atoms with E-state index in [4.69, 9.17) is 0 Å². The number of aliphatic hydroxyl groups excluding tert-OH is 3. The van der Waals surface area contributed by atoms with Gasteiger partial charge >= 0.3 is 0 Å². The molecule has 23 heavy (non-hydrogen) atoms. The molecule has 0 saturated heterocycles. The lowest BCUT2D eigenvalue weighted by Crippen LogP contribution is -2.57. The molecule has 3 N–H and O–H groups in total. The van der Waals surface area contributed by atoms with E-state index in [-0.39, 0.29) is 27.9 Å². The molecule has 4 aliphatic rings. The van der Waals surface area contributed by atoms with Gasteiger partial charge in [-0.15, -0.1) is 0 Å². The largest absolute Gasteiger partial charge is 0.513 e. The second-order valence-corrected chi connectivity index (χ2v) is 10.3. The van der Waals surface area contributed by atoms with Gasteiger partial charge in [0.2, 0.25) is 0 Å². The van der Waals surface area contributed by atoms with E-state index in [1.165, 1.54) is 0 Å². The Morgan fingerprint density at radius 2 is 1.87 bits per heavy atom. The van der Waals surface area contributed by atoms with Crippen molar-refractivity contribution >= 4 is 15.9 Å². The minimum absolute atomic E-state index is 0.0633. The van der Waals surface area contributed by atoms with Crippen molar-refractivity contribution in [3.8, 4) is 0 Å². The minimum Gasteiger partial charge on any atom is -0.513 e. The smallest absolute Gasteiger partial charge is 0.0886 e. The van der Waals surface area contributed by atoms with E-state index in [1.54, 1.807) is 0 Å². The topological polar surface area (TPSA) is 60.7 Å². The Bertz CT molecular complexity index is 535. The van der Waals surface area contributed by atoms with E-state index in [0.29, 0.717) is 29.4 Å². The average molecular weight is 385 g/mol. The number of hydrogen-bond acceptors (Lipinski definition) is 3. The molecule has 130 valence electrons. The molecule has 0 aromatic carbocycles. The number of hydrogen-bond donors (Lipinski definition) is 3. The Morgan fingerprint density at radius 3 is 2.61 bits per heavy atom. The molecule has 0 aromatic rings. The quantitative estimate of drug-likeness (QED) is 0.556. The number of halogens is 1. The van der Waals surface area contributed by atoms with Crippen LogP contribution in [-0.2, 0) is 0 Å². The molecular weight excluding hydrogens is 356 g/mol. The molecule has 0 bridgehead atoms. The van der Waals surface area contributed by atoms with Crippen molar-refractivity contribution in [3.63, 3.8) is 0 Å². The van der Waals surface area contributed by atoms with Crippen LogP contribution in [0.3, 0.4) is 0 Å². The summed E-state index contributed by atoms with van der Waals surface area (Å²) in [5.41, 5.74) is 0.124. The lowest BCUT2D eigenvalue weighted by Gasteiger charge is -2.60. The van der Waals surface area contributed by atoms with Crippen LogP contribution in [0, 0.1) is 34.5 Å². The van der Waals surface area contributed by atoms with Gasteiger partial charge in [-0.3, -0.25) is 0 Å². The van der Waals surface area contributed by atoms with Crippen molar-refractivity contribution in [2.45, 2.75) is 69.4 Å². The van der Waals surface area contributed by atoms with E-state index in [0.717, 1.165) is 38.5 Å². The van der Waals surface area contributed by atoms with E-state index in [1.807, 2.05) is 6.08 Å². The fraction of sp³-hybridized carbons (Fsp3) is 0.895. The second-order valence-electron chi connectivity index (χ2n) is 9.14. The number of alkyl halides is 1. The van der Waals surface area contributed by atoms with Crippen LogP contribution >= 0.6 is 15.9 Å². The van der Waals surface area contributed by atoms with Gasteiger partial charge < -0.3 is 15.3 Å². The van der Waals surface area contributed by atoms with Gasteiger partial charge in [-0.2, -0.15) is 0 Å². The zero-order valence-corrected chi connectivity index (χ0v) is 15.7. The molecule has 4 aliphatic carbocycles. The maximum Gasteiger partial charge on any atom is 0.0886 e. The molecule has 3 saturated carbocycles. The number of fused-ring (bicyclic) bond motifs is 5. The Balaban J connectivity index is 1.71. The standard InChI is InChI=1S/C19H29BrO3/c1-18-5-3-11(21)7-10(18)8-15(22)16-12(18)4-6-19(2)13(16)9-14(20)17(19)23/h3,10,12-17,21-23H,4-9H2,1-2H3/t10-,12+,13+,14-,15-,16-,17+,18+,19+/m1/s1. The van der Waals surface area contributed by atoms with E-state index in [2.05, 4.69) is 29.8 Å². The molecule has 4 heteroatoms. The average Bonchev–Trinajstić information content (AvgIpc) is 2.73. The zero-order valence-electron chi connectivity index (χ0n) is 14.1. The molecule has 0 heterocycles. The molecule has 0 aliphatic heterocycles. The van der Waals surface area contributed by atoms with Crippen LogP contribution < -0.4 is 0 Å². The molecule has 3 fully saturated rings. The van der Waals surface area contributed by atoms with E-state index in [9.17, 15) is 15.3 Å². The van der Waals surface area contributed by atoms with E-state index >= 15 is 0 Å². The third-order valence-electron chi connectivity index (χ3n) is 8.25. The van der Waals surface area contributed by atoms with Gasteiger partial charge in [0.15, 0.2) is 0 Å². The molecule has 0 radical (unpaired) electrons. The summed E-state index contributed by atoms with van der Waals surface area (Å²) in [6.07, 6.45) is 6.97. The fourth-order valence-electron chi connectivity index (χ4n) is 6.78. The molecule has 0 amide bonds. The molecular formula is C19H29BrO3. The van der Waals surface area contributed by atoms with Gasteiger partial charge in [0.05, 0.1) is 18.0 Å². The van der Waals surface area contributed by atoms with Gasteiger partial charge in [0.25, 0.3) is 0 Å². The Kier molecular flexibility index (Phi) is 3.72. The first-order valence-corrected chi connectivity index (χ1v) is 10.1. The van der Waals surface area contributed by atoms with Crippen molar-refractivity contribution in [1.82, 2.24) is 0 Å². The number of allylic oxidation sites excluding steroid dienone is 2. The van der Waals surface area contributed by atoms with Crippen LogP contribution in [0.2, 0.25) is 0 Å². The first-order chi connectivity index (χ1) is 10.8. The minimum atomic E-state index is -0.304. The highest BCUT2D eigenvalue weighted by atomic mass is 79.9. The Labute approximate surface area is 147 Å². The van der Waals surface area contributed by atoms with E-state index < -0.39 is 0 Å². The predicted molar refractivity (Wildman–Crippen MR) is 93.3 cm³/mol. The normalized spacial score (nSPS) is 58.8. The van der Waals surface area contributed by atoms with Crippen LogP contribution in [0.1, 0.15) is 52.4 Å². The Hall–Kier alpha value is -0.0600. The summed E-state index contributed by atoms with van der Waals surface area (Å²) in [6.45, 7) is 4.61. The maximum absolute atomic E-state index is 11.0. The summed E-state index contributed by atoms with van der Waals surface area (Å²) in [7, 11) is 0. The highest BCUT2D eigenvalue weighted by Gasteiger charge is 2.63. The summed E-state index contributed by atoms with van der Waals surface area (Å²) in [6, 6.07) is 0. The zero-order chi connectivity index (χ0) is 16.6. The third-order valence-corrected chi connectivity index (χ3v) is 9.13. The lowest BCUT2D eigenvalue weighted by molar-refractivity contribution is -0.160. The van der Waals surface area contributed by atoms with Gasteiger partial charge in [-0.25, -0.2) is 0 Å². The molecule has 4 rings (SSSR count). The van der Waals surface area contributed by atoms with Gasteiger partial charge in [0, 0.05) is 11.2 Å². The third kappa shape index (κ3) is 2.13. The Morgan fingerprint density at radius 1 is 1.13 bits per heavy atom. The number of aliphatic hydroxyl groups is 3.